The fourth-order valence-electron chi connectivity index (χ4n) is 2.27. The molecule has 0 atom stereocenters. The summed E-state index contributed by atoms with van der Waals surface area (Å²) in [6.45, 7) is 0.769. The Morgan fingerprint density at radius 3 is 2.58 bits per heavy atom. The van der Waals surface area contributed by atoms with Crippen LogP contribution in [0.3, 0.4) is 0 Å². The average Bonchev–Trinajstić information content (AvgIpc) is 3.27. The van der Waals surface area contributed by atoms with Gasteiger partial charge in [0, 0.05) is 25.0 Å². The van der Waals surface area contributed by atoms with E-state index in [0.717, 1.165) is 19.4 Å². The van der Waals surface area contributed by atoms with Crippen molar-refractivity contribution in [3.05, 3.63) is 29.6 Å². The van der Waals surface area contributed by atoms with E-state index in [4.69, 9.17) is 5.11 Å². The molecule has 2 fully saturated rings. The third-order valence-corrected chi connectivity index (χ3v) is 3.68. The molecule has 1 amide bonds. The van der Waals surface area contributed by atoms with Gasteiger partial charge in [0.1, 0.15) is 0 Å². The number of aromatic carboxylic acids is 1. The molecular weight excluding hydrogens is 244 g/mol. The van der Waals surface area contributed by atoms with E-state index in [1.54, 1.807) is 0 Å². The smallest absolute Gasteiger partial charge is 0.338 e. The summed E-state index contributed by atoms with van der Waals surface area (Å²) in [5.41, 5.74) is 0.254. The van der Waals surface area contributed by atoms with Crippen LogP contribution in [0.5, 0.6) is 0 Å². The van der Waals surface area contributed by atoms with Crippen LogP contribution in [0.15, 0.2) is 18.5 Å². The van der Waals surface area contributed by atoms with E-state index in [-0.39, 0.29) is 17.0 Å². The van der Waals surface area contributed by atoms with E-state index in [1.807, 2.05) is 4.90 Å². The zero-order chi connectivity index (χ0) is 13.4. The summed E-state index contributed by atoms with van der Waals surface area (Å²) in [5, 5.41) is 9.13. The molecule has 3 rings (SSSR count). The lowest BCUT2D eigenvalue weighted by atomic mass is 10.1. The Morgan fingerprint density at radius 2 is 2.00 bits per heavy atom. The summed E-state index contributed by atoms with van der Waals surface area (Å²) in [6.07, 6.45) is 7.15. The van der Waals surface area contributed by atoms with Gasteiger partial charge in [0.05, 0.1) is 11.1 Å². The zero-order valence-corrected chi connectivity index (χ0v) is 10.6. The fraction of sp³-hybridized carbons (Fsp3) is 0.500. The highest BCUT2D eigenvalue weighted by Gasteiger charge is 2.37. The quantitative estimate of drug-likeness (QED) is 0.876. The Hall–Kier alpha value is -1.91. The number of carboxylic acids is 1. The Kier molecular flexibility index (Phi) is 2.97. The van der Waals surface area contributed by atoms with Crippen LogP contribution in [0.2, 0.25) is 0 Å². The minimum Gasteiger partial charge on any atom is -0.478 e. The second-order valence-corrected chi connectivity index (χ2v) is 5.36. The predicted octanol–water partition coefficient (Wildman–Crippen LogP) is 1.79. The van der Waals surface area contributed by atoms with Crippen LogP contribution in [-0.4, -0.2) is 39.5 Å². The van der Waals surface area contributed by atoms with Gasteiger partial charge in [-0.25, -0.2) is 4.79 Å². The molecule has 5 nitrogen and oxygen atoms in total. The molecule has 2 aliphatic rings. The second kappa shape index (κ2) is 4.64. The third kappa shape index (κ3) is 2.59. The molecule has 0 aliphatic heterocycles. The van der Waals surface area contributed by atoms with Crippen LogP contribution in [0.1, 0.15) is 46.4 Å². The van der Waals surface area contributed by atoms with E-state index < -0.39 is 5.97 Å². The Balaban J connectivity index is 1.86. The molecule has 1 aromatic rings. The summed E-state index contributed by atoms with van der Waals surface area (Å²) in [4.78, 5) is 29.4. The molecule has 0 spiro atoms. The molecule has 1 N–H and O–H groups in total. The normalized spacial score (nSPS) is 18.1. The van der Waals surface area contributed by atoms with E-state index >= 15 is 0 Å². The lowest BCUT2D eigenvalue weighted by Gasteiger charge is -2.23. The molecule has 0 bridgehead atoms. The van der Waals surface area contributed by atoms with E-state index in [9.17, 15) is 9.59 Å². The van der Waals surface area contributed by atoms with E-state index in [1.165, 1.54) is 31.3 Å². The number of rotatable bonds is 5. The van der Waals surface area contributed by atoms with Crippen molar-refractivity contribution in [2.75, 3.05) is 6.54 Å². The molecule has 0 aromatic carbocycles. The fourth-order valence-corrected chi connectivity index (χ4v) is 2.27. The first kappa shape index (κ1) is 12.1. The van der Waals surface area contributed by atoms with Crippen molar-refractivity contribution in [1.29, 1.82) is 0 Å². The number of carboxylic acid groups (broad SMARTS) is 1. The molecule has 1 aromatic heterocycles. The lowest BCUT2D eigenvalue weighted by Crippen LogP contribution is -2.35. The van der Waals surface area contributed by atoms with Crippen LogP contribution in [-0.2, 0) is 0 Å². The summed E-state index contributed by atoms with van der Waals surface area (Å²) in [6, 6.07) is 1.82. The molecular formula is C14H16N2O3. The van der Waals surface area contributed by atoms with Crippen molar-refractivity contribution < 1.29 is 14.7 Å². The van der Waals surface area contributed by atoms with Gasteiger partial charge in [-0.3, -0.25) is 9.78 Å². The maximum absolute atomic E-state index is 12.5. The van der Waals surface area contributed by atoms with Gasteiger partial charge < -0.3 is 10.0 Å². The van der Waals surface area contributed by atoms with Crippen LogP contribution >= 0.6 is 0 Å². The van der Waals surface area contributed by atoms with Crippen LogP contribution < -0.4 is 0 Å². The Labute approximate surface area is 111 Å². The van der Waals surface area contributed by atoms with Gasteiger partial charge in [-0.15, -0.1) is 0 Å². The number of pyridine rings is 1. The van der Waals surface area contributed by atoms with Crippen molar-refractivity contribution in [2.24, 2.45) is 5.92 Å². The van der Waals surface area contributed by atoms with Crippen molar-refractivity contribution in [3.8, 4) is 0 Å². The number of carbonyl (C=O) groups is 2. The molecule has 0 unspecified atom stereocenters. The predicted molar refractivity (Wildman–Crippen MR) is 68.0 cm³/mol. The standard InChI is InChI=1S/C14H16N2O3/c17-13(11-5-6-15-7-12(11)14(18)19)16(10-3-4-10)8-9-1-2-9/h5-7,9-10H,1-4,8H2,(H,18,19). The van der Waals surface area contributed by atoms with Gasteiger partial charge in [-0.2, -0.15) is 0 Å². The maximum Gasteiger partial charge on any atom is 0.338 e. The minimum atomic E-state index is -1.10. The minimum absolute atomic E-state index is 0.00560. The molecule has 2 saturated carbocycles. The summed E-state index contributed by atoms with van der Waals surface area (Å²) in [5.74, 6) is -0.646. The monoisotopic (exact) mass is 260 g/mol. The number of nitrogens with zero attached hydrogens (tertiary/aromatic N) is 2. The first-order valence-electron chi connectivity index (χ1n) is 6.65. The van der Waals surface area contributed by atoms with Gasteiger partial charge in [0.15, 0.2) is 0 Å². The van der Waals surface area contributed by atoms with Gasteiger partial charge in [-0.1, -0.05) is 0 Å². The SMILES string of the molecule is O=C(O)c1cnccc1C(=O)N(CC1CC1)C1CC1. The average molecular weight is 260 g/mol. The first-order valence-corrected chi connectivity index (χ1v) is 6.65. The maximum atomic E-state index is 12.5. The van der Waals surface area contributed by atoms with Crippen LogP contribution in [0.25, 0.3) is 0 Å². The van der Waals surface area contributed by atoms with Crippen molar-refractivity contribution >= 4 is 11.9 Å². The molecule has 0 radical (unpaired) electrons. The van der Waals surface area contributed by atoms with Gasteiger partial charge in [-0.05, 0) is 37.7 Å². The topological polar surface area (TPSA) is 70.5 Å². The van der Waals surface area contributed by atoms with Gasteiger partial charge >= 0.3 is 5.97 Å². The van der Waals surface area contributed by atoms with Crippen LogP contribution in [0, 0.1) is 5.92 Å². The van der Waals surface area contributed by atoms with Crippen LogP contribution in [0.4, 0.5) is 0 Å². The van der Waals surface area contributed by atoms with Gasteiger partial charge in [0.25, 0.3) is 5.91 Å². The molecule has 2 aliphatic carbocycles. The zero-order valence-electron chi connectivity index (χ0n) is 10.6. The summed E-state index contributed by atoms with van der Waals surface area (Å²) in [7, 11) is 0. The Bertz CT molecular complexity index is 521. The van der Waals surface area contributed by atoms with Crippen molar-refractivity contribution in [1.82, 2.24) is 9.88 Å². The largest absolute Gasteiger partial charge is 0.478 e. The summed E-state index contributed by atoms with van der Waals surface area (Å²) < 4.78 is 0. The summed E-state index contributed by atoms with van der Waals surface area (Å²) >= 11 is 0. The molecule has 0 saturated heterocycles. The van der Waals surface area contributed by atoms with Crippen molar-refractivity contribution in [3.63, 3.8) is 0 Å². The second-order valence-electron chi connectivity index (χ2n) is 5.36. The molecule has 5 heteroatoms. The lowest BCUT2D eigenvalue weighted by molar-refractivity contribution is 0.0669. The molecule has 100 valence electrons. The number of amides is 1. The molecule has 1 heterocycles. The number of aromatic nitrogens is 1. The Morgan fingerprint density at radius 1 is 1.26 bits per heavy atom. The van der Waals surface area contributed by atoms with E-state index in [0.29, 0.717) is 12.0 Å². The van der Waals surface area contributed by atoms with Gasteiger partial charge in [0.2, 0.25) is 0 Å². The number of carbonyl (C=O) groups excluding carboxylic acids is 1. The highest BCUT2D eigenvalue weighted by molar-refractivity contribution is 6.04. The van der Waals surface area contributed by atoms with Crippen molar-refractivity contribution in [2.45, 2.75) is 31.7 Å². The third-order valence-electron chi connectivity index (χ3n) is 3.68. The van der Waals surface area contributed by atoms with E-state index in [2.05, 4.69) is 4.98 Å². The highest BCUT2D eigenvalue weighted by atomic mass is 16.4. The first-order chi connectivity index (χ1) is 9.16. The number of hydrogen-bond donors (Lipinski definition) is 1. The number of hydrogen-bond acceptors (Lipinski definition) is 3. The highest BCUT2D eigenvalue weighted by Crippen LogP contribution is 2.35. The molecule has 19 heavy (non-hydrogen) atoms.